The molecule has 0 aromatic carbocycles. The van der Waals surface area contributed by atoms with E-state index in [1.54, 1.807) is 14.0 Å². The summed E-state index contributed by atoms with van der Waals surface area (Å²) in [6, 6.07) is 1.44. The number of nitrogens with zero attached hydrogens (tertiary/aromatic N) is 2. The lowest BCUT2D eigenvalue weighted by molar-refractivity contribution is 0.0431. The average molecular weight is 313 g/mol. The van der Waals surface area contributed by atoms with Gasteiger partial charge < -0.3 is 13.9 Å². The van der Waals surface area contributed by atoms with Gasteiger partial charge in [-0.25, -0.2) is 9.59 Å². The summed E-state index contributed by atoms with van der Waals surface area (Å²) >= 11 is 5.98. The minimum atomic E-state index is -0.641. The summed E-state index contributed by atoms with van der Waals surface area (Å²) in [5.41, 5.74) is 0.852. The number of ether oxygens (including phenoxy) is 2. The third-order valence-corrected chi connectivity index (χ3v) is 3.28. The van der Waals surface area contributed by atoms with Gasteiger partial charge in [0, 0.05) is 7.05 Å². The van der Waals surface area contributed by atoms with Crippen molar-refractivity contribution in [2.75, 3.05) is 7.11 Å². The molecule has 0 saturated heterocycles. The lowest BCUT2D eigenvalue weighted by Crippen LogP contribution is -2.09. The van der Waals surface area contributed by atoms with Crippen molar-refractivity contribution in [1.29, 1.82) is 0 Å². The van der Waals surface area contributed by atoms with Crippen molar-refractivity contribution < 1.29 is 23.5 Å². The first kappa shape index (κ1) is 15.1. The van der Waals surface area contributed by atoms with Crippen LogP contribution < -0.4 is 0 Å². The Morgan fingerprint density at radius 1 is 1.43 bits per heavy atom. The molecule has 2 heterocycles. The molecule has 0 aliphatic carbocycles. The molecule has 112 valence electrons. The fourth-order valence-corrected chi connectivity index (χ4v) is 2.06. The van der Waals surface area contributed by atoms with E-state index in [-0.39, 0.29) is 28.6 Å². The quantitative estimate of drug-likeness (QED) is 0.804. The minimum Gasteiger partial charge on any atom is -0.465 e. The molecule has 0 unspecified atom stereocenters. The molecule has 0 spiro atoms. The smallest absolute Gasteiger partial charge is 0.343 e. The summed E-state index contributed by atoms with van der Waals surface area (Å²) in [4.78, 5) is 23.5. The number of rotatable bonds is 4. The Morgan fingerprint density at radius 2 is 2.14 bits per heavy atom. The van der Waals surface area contributed by atoms with Crippen LogP contribution in [-0.4, -0.2) is 28.8 Å². The van der Waals surface area contributed by atoms with Gasteiger partial charge in [-0.05, 0) is 13.0 Å². The summed E-state index contributed by atoms with van der Waals surface area (Å²) in [5.74, 6) is -1.00. The molecule has 0 atom stereocenters. The number of methoxy groups -OCH3 is 1. The Morgan fingerprint density at radius 3 is 2.71 bits per heavy atom. The highest BCUT2D eigenvalue weighted by Crippen LogP contribution is 2.21. The van der Waals surface area contributed by atoms with Gasteiger partial charge in [-0.15, -0.1) is 0 Å². The summed E-state index contributed by atoms with van der Waals surface area (Å²) in [7, 11) is 2.87. The maximum absolute atomic E-state index is 12.0. The molecule has 0 aliphatic rings. The molecule has 2 aromatic rings. The highest BCUT2D eigenvalue weighted by Gasteiger charge is 2.22. The summed E-state index contributed by atoms with van der Waals surface area (Å²) in [5, 5.41) is 4.21. The van der Waals surface area contributed by atoms with Crippen LogP contribution in [0.15, 0.2) is 16.7 Å². The molecule has 8 heteroatoms. The minimum absolute atomic E-state index is 0.185. The molecule has 0 amide bonds. The second-order valence-corrected chi connectivity index (χ2v) is 4.56. The van der Waals surface area contributed by atoms with E-state index in [0.717, 1.165) is 0 Å². The van der Waals surface area contributed by atoms with E-state index < -0.39 is 11.9 Å². The normalized spacial score (nSPS) is 10.5. The molecular weight excluding hydrogens is 300 g/mol. The van der Waals surface area contributed by atoms with Crippen LogP contribution in [0.1, 0.15) is 32.2 Å². The summed E-state index contributed by atoms with van der Waals surface area (Å²) in [6.45, 7) is 1.44. The van der Waals surface area contributed by atoms with Crippen LogP contribution in [0.25, 0.3) is 0 Å². The lowest BCUT2D eigenvalue weighted by Gasteiger charge is -2.04. The van der Waals surface area contributed by atoms with Crippen molar-refractivity contribution in [3.63, 3.8) is 0 Å². The van der Waals surface area contributed by atoms with E-state index in [4.69, 9.17) is 20.8 Å². The first-order valence-electron chi connectivity index (χ1n) is 5.96. The van der Waals surface area contributed by atoms with Crippen molar-refractivity contribution in [1.82, 2.24) is 9.78 Å². The molecule has 7 nitrogen and oxygen atoms in total. The Hall–Kier alpha value is -2.28. The van der Waals surface area contributed by atoms with E-state index in [9.17, 15) is 9.59 Å². The van der Waals surface area contributed by atoms with Gasteiger partial charge in [-0.1, -0.05) is 11.6 Å². The van der Waals surface area contributed by atoms with Crippen molar-refractivity contribution in [3.8, 4) is 0 Å². The molecule has 0 radical (unpaired) electrons. The standard InChI is InChI=1S/C13H13ClN2O5/c1-7-10(11(14)16(2)15-7)13(18)21-6-9-8(4-5-20-9)12(17)19-3/h4-5H,6H2,1-3H3. The number of carbonyl (C=O) groups is 2. The van der Waals surface area contributed by atoms with Gasteiger partial charge in [0.25, 0.3) is 0 Å². The molecule has 2 aromatic heterocycles. The van der Waals surface area contributed by atoms with E-state index in [1.165, 1.54) is 24.1 Å². The molecule has 0 saturated carbocycles. The average Bonchev–Trinajstić information content (AvgIpc) is 3.01. The van der Waals surface area contributed by atoms with Gasteiger partial charge >= 0.3 is 11.9 Å². The number of carbonyl (C=O) groups excluding carboxylic acids is 2. The number of aryl methyl sites for hydroxylation is 2. The van der Waals surface area contributed by atoms with E-state index >= 15 is 0 Å². The van der Waals surface area contributed by atoms with Gasteiger partial charge in [-0.3, -0.25) is 4.68 Å². The zero-order chi connectivity index (χ0) is 15.6. The van der Waals surface area contributed by atoms with Crippen LogP contribution in [0.5, 0.6) is 0 Å². The number of hydrogen-bond acceptors (Lipinski definition) is 6. The zero-order valence-electron chi connectivity index (χ0n) is 11.7. The summed E-state index contributed by atoms with van der Waals surface area (Å²) in [6.07, 6.45) is 1.32. The molecular formula is C13H13ClN2O5. The maximum atomic E-state index is 12.0. The van der Waals surface area contributed by atoms with Gasteiger partial charge in [0.1, 0.15) is 16.3 Å². The van der Waals surface area contributed by atoms with Crippen molar-refractivity contribution in [2.24, 2.45) is 7.05 Å². The van der Waals surface area contributed by atoms with Crippen LogP contribution in [-0.2, 0) is 23.1 Å². The number of aromatic nitrogens is 2. The van der Waals surface area contributed by atoms with Gasteiger partial charge in [0.2, 0.25) is 0 Å². The van der Waals surface area contributed by atoms with Crippen molar-refractivity contribution in [2.45, 2.75) is 13.5 Å². The number of furan rings is 1. The first-order valence-corrected chi connectivity index (χ1v) is 6.34. The number of esters is 2. The third-order valence-electron chi connectivity index (χ3n) is 2.84. The van der Waals surface area contributed by atoms with Gasteiger partial charge in [0.05, 0.1) is 19.1 Å². The lowest BCUT2D eigenvalue weighted by atomic mass is 10.2. The van der Waals surface area contributed by atoms with Crippen LogP contribution >= 0.6 is 11.6 Å². The van der Waals surface area contributed by atoms with Gasteiger partial charge in [0.15, 0.2) is 12.4 Å². The molecule has 0 aliphatic heterocycles. The highest BCUT2D eigenvalue weighted by molar-refractivity contribution is 6.32. The highest BCUT2D eigenvalue weighted by atomic mass is 35.5. The second-order valence-electron chi connectivity index (χ2n) is 4.20. The first-order chi connectivity index (χ1) is 9.95. The Labute approximate surface area is 125 Å². The van der Waals surface area contributed by atoms with Crippen molar-refractivity contribution in [3.05, 3.63) is 40.1 Å². The molecule has 0 N–H and O–H groups in total. The molecule has 21 heavy (non-hydrogen) atoms. The fourth-order valence-electron chi connectivity index (χ4n) is 1.81. The molecule has 0 fully saturated rings. The van der Waals surface area contributed by atoms with Crippen LogP contribution in [0, 0.1) is 6.92 Å². The van der Waals surface area contributed by atoms with Crippen LogP contribution in [0.3, 0.4) is 0 Å². The van der Waals surface area contributed by atoms with Crippen LogP contribution in [0.2, 0.25) is 5.15 Å². The van der Waals surface area contributed by atoms with E-state index in [2.05, 4.69) is 9.84 Å². The largest absolute Gasteiger partial charge is 0.465 e. The fraction of sp³-hybridized carbons (Fsp3) is 0.308. The zero-order valence-corrected chi connectivity index (χ0v) is 12.4. The monoisotopic (exact) mass is 312 g/mol. The number of halogens is 1. The Kier molecular flexibility index (Phi) is 4.32. The summed E-state index contributed by atoms with van der Waals surface area (Å²) < 4.78 is 16.2. The van der Waals surface area contributed by atoms with Crippen molar-refractivity contribution >= 4 is 23.5 Å². The van der Waals surface area contributed by atoms with E-state index in [0.29, 0.717) is 5.69 Å². The van der Waals surface area contributed by atoms with Gasteiger partial charge in [-0.2, -0.15) is 5.10 Å². The van der Waals surface area contributed by atoms with Crippen LogP contribution in [0.4, 0.5) is 0 Å². The SMILES string of the molecule is COC(=O)c1ccoc1COC(=O)c1c(C)nn(C)c1Cl. The second kappa shape index (κ2) is 6.01. The Bertz CT molecular complexity index is 689. The predicted molar refractivity (Wildman–Crippen MR) is 72.1 cm³/mol. The predicted octanol–water partition coefficient (Wildman–Crippen LogP) is 2.12. The maximum Gasteiger partial charge on any atom is 0.343 e. The Balaban J connectivity index is 2.12. The topological polar surface area (TPSA) is 83.6 Å². The molecule has 2 rings (SSSR count). The number of hydrogen-bond donors (Lipinski definition) is 0. The van der Waals surface area contributed by atoms with E-state index in [1.807, 2.05) is 0 Å². The third kappa shape index (κ3) is 2.92. The molecule has 0 bridgehead atoms.